The molecule has 0 amide bonds. The Kier molecular flexibility index (Phi) is 5.60. The molecule has 2 rings (SSSR count). The van der Waals surface area contributed by atoms with Crippen LogP contribution >= 0.6 is 22.6 Å². The van der Waals surface area contributed by atoms with Crippen LogP contribution in [0.15, 0.2) is 36.4 Å². The Bertz CT molecular complexity index is 541. The first-order valence-corrected chi connectivity index (χ1v) is 7.83. The molecule has 2 aromatic carbocycles. The molecule has 0 heterocycles. The van der Waals surface area contributed by atoms with Gasteiger partial charge in [-0.2, -0.15) is 0 Å². The van der Waals surface area contributed by atoms with Crippen LogP contribution < -0.4 is 5.32 Å². The SMILES string of the molecule is CC(NCCCCO)c1ccc2ccccc2c1I. The maximum absolute atomic E-state index is 8.78. The average Bonchev–Trinajstić information content (AvgIpc) is 2.44. The number of nitrogens with one attached hydrogen (secondary N) is 1. The first kappa shape index (κ1) is 14.8. The zero-order valence-electron chi connectivity index (χ0n) is 11.2. The van der Waals surface area contributed by atoms with E-state index < -0.39 is 0 Å². The van der Waals surface area contributed by atoms with Gasteiger partial charge in [-0.15, -0.1) is 0 Å². The van der Waals surface area contributed by atoms with Crippen LogP contribution in [-0.4, -0.2) is 18.3 Å². The lowest BCUT2D eigenvalue weighted by molar-refractivity contribution is 0.283. The van der Waals surface area contributed by atoms with Gasteiger partial charge in [-0.05, 0) is 65.2 Å². The Hall–Kier alpha value is -0.650. The highest BCUT2D eigenvalue weighted by Gasteiger charge is 2.10. The Labute approximate surface area is 128 Å². The number of benzene rings is 2. The molecule has 2 nitrogen and oxygen atoms in total. The van der Waals surface area contributed by atoms with Crippen LogP contribution in [-0.2, 0) is 0 Å². The van der Waals surface area contributed by atoms with Crippen molar-refractivity contribution in [1.82, 2.24) is 5.32 Å². The monoisotopic (exact) mass is 369 g/mol. The van der Waals surface area contributed by atoms with Gasteiger partial charge in [-0.1, -0.05) is 36.4 Å². The minimum absolute atomic E-state index is 0.281. The molecular formula is C16H20INO. The number of aliphatic hydroxyl groups excluding tert-OH is 1. The number of rotatable bonds is 6. The molecule has 19 heavy (non-hydrogen) atoms. The fraction of sp³-hybridized carbons (Fsp3) is 0.375. The Morgan fingerprint density at radius 2 is 1.95 bits per heavy atom. The summed E-state index contributed by atoms with van der Waals surface area (Å²) in [6.07, 6.45) is 1.89. The summed E-state index contributed by atoms with van der Waals surface area (Å²) in [5.74, 6) is 0. The molecule has 2 aromatic rings. The van der Waals surface area contributed by atoms with Gasteiger partial charge in [0.2, 0.25) is 0 Å². The molecule has 0 aliphatic heterocycles. The molecule has 0 radical (unpaired) electrons. The van der Waals surface area contributed by atoms with Gasteiger partial charge in [-0.3, -0.25) is 0 Å². The normalized spacial score (nSPS) is 12.8. The van der Waals surface area contributed by atoms with E-state index >= 15 is 0 Å². The largest absolute Gasteiger partial charge is 0.396 e. The molecular weight excluding hydrogens is 349 g/mol. The van der Waals surface area contributed by atoms with Crippen LogP contribution in [0.5, 0.6) is 0 Å². The van der Waals surface area contributed by atoms with E-state index in [4.69, 9.17) is 5.11 Å². The maximum Gasteiger partial charge on any atom is 0.0431 e. The van der Waals surface area contributed by atoms with Crippen LogP contribution in [0.2, 0.25) is 0 Å². The van der Waals surface area contributed by atoms with Crippen molar-refractivity contribution in [3.05, 3.63) is 45.5 Å². The highest BCUT2D eigenvalue weighted by Crippen LogP contribution is 2.27. The van der Waals surface area contributed by atoms with E-state index in [1.165, 1.54) is 19.9 Å². The molecule has 1 atom stereocenters. The molecule has 2 N–H and O–H groups in total. The highest BCUT2D eigenvalue weighted by molar-refractivity contribution is 14.1. The summed E-state index contributed by atoms with van der Waals surface area (Å²) in [7, 11) is 0. The van der Waals surface area contributed by atoms with Crippen molar-refractivity contribution in [2.24, 2.45) is 0 Å². The minimum atomic E-state index is 0.281. The molecule has 0 aromatic heterocycles. The zero-order valence-corrected chi connectivity index (χ0v) is 13.4. The third-order valence-electron chi connectivity index (χ3n) is 3.40. The third kappa shape index (κ3) is 3.68. The summed E-state index contributed by atoms with van der Waals surface area (Å²) >= 11 is 2.44. The van der Waals surface area contributed by atoms with Crippen molar-refractivity contribution in [3.8, 4) is 0 Å². The topological polar surface area (TPSA) is 32.3 Å². The van der Waals surface area contributed by atoms with Gasteiger partial charge < -0.3 is 10.4 Å². The van der Waals surface area contributed by atoms with Gasteiger partial charge in [0.1, 0.15) is 0 Å². The molecule has 1 unspecified atom stereocenters. The average molecular weight is 369 g/mol. The summed E-state index contributed by atoms with van der Waals surface area (Å²) in [4.78, 5) is 0. The lowest BCUT2D eigenvalue weighted by Gasteiger charge is -2.17. The molecule has 0 fully saturated rings. The van der Waals surface area contributed by atoms with Crippen LogP contribution in [0.25, 0.3) is 10.8 Å². The number of fused-ring (bicyclic) bond motifs is 1. The summed E-state index contributed by atoms with van der Waals surface area (Å²) in [6.45, 7) is 3.43. The van der Waals surface area contributed by atoms with Gasteiger partial charge in [0, 0.05) is 16.2 Å². The Morgan fingerprint density at radius 3 is 2.74 bits per heavy atom. The number of unbranched alkanes of at least 4 members (excludes halogenated alkanes) is 1. The zero-order chi connectivity index (χ0) is 13.7. The van der Waals surface area contributed by atoms with Crippen molar-refractivity contribution in [2.45, 2.75) is 25.8 Å². The second-order valence-electron chi connectivity index (χ2n) is 4.80. The lowest BCUT2D eigenvalue weighted by atomic mass is 10.0. The van der Waals surface area contributed by atoms with E-state index in [0.29, 0.717) is 6.04 Å². The van der Waals surface area contributed by atoms with Gasteiger partial charge in [0.05, 0.1) is 0 Å². The van der Waals surface area contributed by atoms with E-state index in [1.54, 1.807) is 0 Å². The Balaban J connectivity index is 2.13. The fourth-order valence-electron chi connectivity index (χ4n) is 2.25. The quantitative estimate of drug-likeness (QED) is 0.599. The summed E-state index contributed by atoms with van der Waals surface area (Å²) in [6, 6.07) is 13.3. The smallest absolute Gasteiger partial charge is 0.0431 e. The van der Waals surface area contributed by atoms with E-state index in [1.807, 2.05) is 0 Å². The first-order valence-electron chi connectivity index (χ1n) is 6.75. The van der Waals surface area contributed by atoms with Crippen molar-refractivity contribution in [1.29, 1.82) is 0 Å². The maximum atomic E-state index is 8.78. The van der Waals surface area contributed by atoms with Crippen molar-refractivity contribution < 1.29 is 5.11 Å². The predicted octanol–water partition coefficient (Wildman–Crippen LogP) is 3.87. The molecule has 0 saturated heterocycles. The molecule has 0 aliphatic rings. The third-order valence-corrected chi connectivity index (χ3v) is 4.60. The number of aliphatic hydroxyl groups is 1. The molecule has 0 aliphatic carbocycles. The summed E-state index contributed by atoms with van der Waals surface area (Å²) in [5.41, 5.74) is 1.35. The van der Waals surface area contributed by atoms with E-state index in [2.05, 4.69) is 71.2 Å². The molecule has 102 valence electrons. The van der Waals surface area contributed by atoms with Gasteiger partial charge >= 0.3 is 0 Å². The first-order chi connectivity index (χ1) is 9.24. The Morgan fingerprint density at radius 1 is 1.16 bits per heavy atom. The standard InChI is InChI=1S/C16H20INO/c1-12(18-10-4-5-11-19)14-9-8-13-6-2-3-7-15(13)16(14)17/h2-3,6-9,12,18-19H,4-5,10-11H2,1H3. The number of hydrogen-bond acceptors (Lipinski definition) is 2. The number of halogens is 1. The van der Waals surface area contributed by atoms with Crippen molar-refractivity contribution >= 4 is 33.4 Å². The summed E-state index contributed by atoms with van der Waals surface area (Å²) in [5, 5.41) is 14.9. The van der Waals surface area contributed by atoms with Crippen LogP contribution in [0.4, 0.5) is 0 Å². The van der Waals surface area contributed by atoms with Crippen molar-refractivity contribution in [2.75, 3.05) is 13.2 Å². The second-order valence-corrected chi connectivity index (χ2v) is 5.88. The highest BCUT2D eigenvalue weighted by atomic mass is 127. The van der Waals surface area contributed by atoms with Gasteiger partial charge in [-0.25, -0.2) is 0 Å². The van der Waals surface area contributed by atoms with Crippen molar-refractivity contribution in [3.63, 3.8) is 0 Å². The van der Waals surface area contributed by atoms with E-state index in [9.17, 15) is 0 Å². The summed E-state index contributed by atoms with van der Waals surface area (Å²) < 4.78 is 1.33. The molecule has 3 heteroatoms. The number of hydrogen-bond donors (Lipinski definition) is 2. The minimum Gasteiger partial charge on any atom is -0.396 e. The van der Waals surface area contributed by atoms with Crippen LogP contribution in [0.3, 0.4) is 0 Å². The van der Waals surface area contributed by atoms with Crippen LogP contribution in [0, 0.1) is 3.57 Å². The van der Waals surface area contributed by atoms with Gasteiger partial charge in [0.15, 0.2) is 0 Å². The van der Waals surface area contributed by atoms with Gasteiger partial charge in [0.25, 0.3) is 0 Å². The van der Waals surface area contributed by atoms with E-state index in [0.717, 1.165) is 19.4 Å². The molecule has 0 bridgehead atoms. The van der Waals surface area contributed by atoms with E-state index in [-0.39, 0.29) is 6.61 Å². The lowest BCUT2D eigenvalue weighted by Crippen LogP contribution is -2.20. The second kappa shape index (κ2) is 7.22. The molecule has 0 saturated carbocycles. The predicted molar refractivity (Wildman–Crippen MR) is 89.4 cm³/mol. The fourth-order valence-corrected chi connectivity index (χ4v) is 3.39. The van der Waals surface area contributed by atoms with Crippen LogP contribution in [0.1, 0.15) is 31.4 Å². The molecule has 0 spiro atoms.